The van der Waals surface area contributed by atoms with Crippen LogP contribution in [0.2, 0.25) is 0 Å². The summed E-state index contributed by atoms with van der Waals surface area (Å²) in [6, 6.07) is 39.2. The molecule has 4 aromatic heterocycles. The Morgan fingerprint density at radius 3 is 1.44 bits per heavy atom. The van der Waals surface area contributed by atoms with E-state index in [2.05, 4.69) is 118 Å². The monoisotopic (exact) mass is 516 g/mol. The minimum absolute atomic E-state index is 0.942. The van der Waals surface area contributed by atoms with Gasteiger partial charge in [-0.1, -0.05) is 72.8 Å². The lowest BCUT2D eigenvalue weighted by Crippen LogP contribution is -1.99. The second-order valence-electron chi connectivity index (χ2n) is 9.86. The first kappa shape index (κ1) is 21.0. The minimum Gasteiger partial charge on any atom is -0.309 e. The van der Waals surface area contributed by atoms with Crippen molar-refractivity contribution < 1.29 is 0 Å². The summed E-state index contributed by atoms with van der Waals surface area (Å²) in [5.41, 5.74) is 7.99. The standard InChI is InChI=1S/C34H20N4S/c1-5-13-25-21(9-1)22-10-2-6-14-26(22)37(25)29-17-18-30(33-31(29)32-34(39-33)36-20-19-35-32)38-27-15-7-3-11-23(27)24-12-4-8-16-28(24)38/h1-20H. The Morgan fingerprint density at radius 1 is 0.462 bits per heavy atom. The number of thiophene rings is 1. The predicted molar refractivity (Wildman–Crippen MR) is 164 cm³/mol. The van der Waals surface area contributed by atoms with E-state index in [1.54, 1.807) is 23.7 Å². The van der Waals surface area contributed by atoms with Gasteiger partial charge in [-0.3, -0.25) is 4.98 Å². The third-order valence-electron chi connectivity index (χ3n) is 7.86. The number of nitrogens with zero attached hydrogens (tertiary/aromatic N) is 4. The van der Waals surface area contributed by atoms with Crippen LogP contribution in [0.5, 0.6) is 0 Å². The van der Waals surface area contributed by atoms with Gasteiger partial charge in [-0.05, 0) is 36.4 Å². The second-order valence-corrected chi connectivity index (χ2v) is 10.9. The summed E-state index contributed by atoms with van der Waals surface area (Å²) in [6.07, 6.45) is 3.59. The molecule has 39 heavy (non-hydrogen) atoms. The van der Waals surface area contributed by atoms with Crippen LogP contribution in [0.4, 0.5) is 0 Å². The Kier molecular flexibility index (Phi) is 4.18. The molecule has 0 unspecified atom stereocenters. The van der Waals surface area contributed by atoms with Gasteiger partial charge in [0, 0.05) is 39.3 Å². The molecule has 0 aliphatic rings. The van der Waals surface area contributed by atoms with Crippen molar-refractivity contribution in [3.05, 3.63) is 122 Å². The third kappa shape index (κ3) is 2.77. The predicted octanol–water partition coefficient (Wildman–Crippen LogP) is 9.04. The third-order valence-corrected chi connectivity index (χ3v) is 8.97. The maximum atomic E-state index is 4.87. The lowest BCUT2D eigenvalue weighted by atomic mass is 10.1. The van der Waals surface area contributed by atoms with Crippen LogP contribution in [0.15, 0.2) is 122 Å². The van der Waals surface area contributed by atoms with Gasteiger partial charge in [-0.15, -0.1) is 11.3 Å². The topological polar surface area (TPSA) is 35.6 Å². The molecule has 5 heteroatoms. The van der Waals surface area contributed by atoms with Gasteiger partial charge < -0.3 is 9.13 Å². The summed E-state index contributed by atoms with van der Waals surface area (Å²) in [6.45, 7) is 0. The fourth-order valence-corrected chi connectivity index (χ4v) is 7.41. The molecule has 0 aliphatic carbocycles. The van der Waals surface area contributed by atoms with Gasteiger partial charge in [0.1, 0.15) is 10.3 Å². The van der Waals surface area contributed by atoms with Crippen LogP contribution in [0, 0.1) is 0 Å². The number of fused-ring (bicyclic) bond motifs is 9. The van der Waals surface area contributed by atoms with Gasteiger partial charge in [0.25, 0.3) is 0 Å². The van der Waals surface area contributed by atoms with Crippen LogP contribution in [0.3, 0.4) is 0 Å². The summed E-state index contributed by atoms with van der Waals surface area (Å²) in [5, 5.41) is 6.14. The Labute approximate surface area is 227 Å². The number of rotatable bonds is 2. The van der Waals surface area contributed by atoms with Crippen LogP contribution in [0.25, 0.3) is 75.4 Å². The summed E-state index contributed by atoms with van der Waals surface area (Å²) in [7, 11) is 0. The van der Waals surface area contributed by atoms with Gasteiger partial charge in [0.15, 0.2) is 0 Å². The van der Waals surface area contributed by atoms with E-state index in [0.717, 1.165) is 27.1 Å². The molecule has 4 heterocycles. The highest BCUT2D eigenvalue weighted by Gasteiger charge is 2.22. The molecule has 0 bridgehead atoms. The number of hydrogen-bond acceptors (Lipinski definition) is 3. The molecule has 0 atom stereocenters. The summed E-state index contributed by atoms with van der Waals surface area (Å²) < 4.78 is 5.98. The molecule has 0 N–H and O–H groups in total. The van der Waals surface area contributed by atoms with Crippen molar-refractivity contribution in [1.82, 2.24) is 19.1 Å². The van der Waals surface area contributed by atoms with Crippen molar-refractivity contribution in [2.45, 2.75) is 0 Å². The average Bonchev–Trinajstić information content (AvgIpc) is 3.65. The zero-order valence-corrected chi connectivity index (χ0v) is 21.6. The zero-order valence-electron chi connectivity index (χ0n) is 20.7. The first-order valence-corrected chi connectivity index (χ1v) is 13.8. The number of para-hydroxylation sites is 4. The van der Waals surface area contributed by atoms with Crippen molar-refractivity contribution >= 4 is 75.4 Å². The van der Waals surface area contributed by atoms with Crippen molar-refractivity contribution in [2.75, 3.05) is 0 Å². The van der Waals surface area contributed by atoms with Crippen LogP contribution in [0.1, 0.15) is 0 Å². The van der Waals surface area contributed by atoms with Crippen LogP contribution >= 0.6 is 11.3 Å². The Balaban J connectivity index is 1.48. The second kappa shape index (κ2) is 7.76. The molecule has 0 amide bonds. The Bertz CT molecular complexity index is 2300. The number of hydrogen-bond donors (Lipinski definition) is 0. The van der Waals surface area contributed by atoms with E-state index in [1.165, 1.54) is 48.3 Å². The normalized spacial score (nSPS) is 12.1. The molecule has 0 aliphatic heterocycles. The Hall–Kier alpha value is -5.00. The van der Waals surface area contributed by atoms with Crippen molar-refractivity contribution in [2.24, 2.45) is 0 Å². The van der Waals surface area contributed by atoms with Crippen LogP contribution in [-0.4, -0.2) is 19.1 Å². The quantitative estimate of drug-likeness (QED) is 0.230. The van der Waals surface area contributed by atoms with E-state index in [-0.39, 0.29) is 0 Å². The number of benzene rings is 5. The highest BCUT2D eigenvalue weighted by Crippen LogP contribution is 2.44. The molecular formula is C34H20N4S. The van der Waals surface area contributed by atoms with Gasteiger partial charge in [-0.2, -0.15) is 0 Å². The van der Waals surface area contributed by atoms with Crippen LogP contribution in [-0.2, 0) is 0 Å². The summed E-state index contributed by atoms with van der Waals surface area (Å²) in [4.78, 5) is 10.6. The molecular weight excluding hydrogens is 496 g/mol. The fourth-order valence-electron chi connectivity index (χ4n) is 6.29. The van der Waals surface area contributed by atoms with E-state index in [0.29, 0.717) is 0 Å². The lowest BCUT2D eigenvalue weighted by Gasteiger charge is -2.14. The first-order chi connectivity index (χ1) is 19.4. The highest BCUT2D eigenvalue weighted by atomic mass is 32.1. The maximum Gasteiger partial charge on any atom is 0.143 e. The smallest absolute Gasteiger partial charge is 0.143 e. The molecule has 182 valence electrons. The highest BCUT2D eigenvalue weighted by molar-refractivity contribution is 7.25. The van der Waals surface area contributed by atoms with E-state index < -0.39 is 0 Å². The van der Waals surface area contributed by atoms with E-state index in [4.69, 9.17) is 9.97 Å². The molecule has 0 fully saturated rings. The number of aromatic nitrogens is 4. The molecule has 5 aromatic carbocycles. The first-order valence-electron chi connectivity index (χ1n) is 13.0. The Morgan fingerprint density at radius 2 is 0.897 bits per heavy atom. The molecule has 0 saturated heterocycles. The van der Waals surface area contributed by atoms with Gasteiger partial charge in [0.2, 0.25) is 0 Å². The van der Waals surface area contributed by atoms with Crippen LogP contribution < -0.4 is 0 Å². The van der Waals surface area contributed by atoms with Gasteiger partial charge in [-0.25, -0.2) is 4.98 Å². The lowest BCUT2D eigenvalue weighted by molar-refractivity contribution is 1.17. The molecule has 9 rings (SSSR count). The summed E-state index contributed by atoms with van der Waals surface area (Å²) in [5.74, 6) is 0. The van der Waals surface area contributed by atoms with Crippen molar-refractivity contribution in [3.63, 3.8) is 0 Å². The fraction of sp³-hybridized carbons (Fsp3) is 0. The maximum absolute atomic E-state index is 4.87. The molecule has 4 nitrogen and oxygen atoms in total. The van der Waals surface area contributed by atoms with E-state index >= 15 is 0 Å². The average molecular weight is 517 g/mol. The zero-order chi connectivity index (χ0) is 25.5. The molecule has 0 spiro atoms. The summed E-state index contributed by atoms with van der Waals surface area (Å²) >= 11 is 1.72. The minimum atomic E-state index is 0.942. The van der Waals surface area contributed by atoms with E-state index in [9.17, 15) is 0 Å². The van der Waals surface area contributed by atoms with Crippen molar-refractivity contribution in [3.8, 4) is 11.4 Å². The van der Waals surface area contributed by atoms with Crippen molar-refractivity contribution in [1.29, 1.82) is 0 Å². The SMILES string of the molecule is c1ccc2c(c1)c1ccccc1n2-c1ccc(-n2c3ccccc3c3ccccc32)c2c1sc1nccnc12. The molecule has 9 aromatic rings. The molecule has 0 radical (unpaired) electrons. The van der Waals surface area contributed by atoms with Gasteiger partial charge in [0.05, 0.1) is 38.1 Å². The molecule has 0 saturated carbocycles. The van der Waals surface area contributed by atoms with E-state index in [1.807, 2.05) is 0 Å². The largest absolute Gasteiger partial charge is 0.309 e. The van der Waals surface area contributed by atoms with Gasteiger partial charge >= 0.3 is 0 Å².